The van der Waals surface area contributed by atoms with Crippen LogP contribution in [0.3, 0.4) is 0 Å². The predicted molar refractivity (Wildman–Crippen MR) is 60.2 cm³/mol. The molecule has 1 aliphatic rings. The summed E-state index contributed by atoms with van der Waals surface area (Å²) in [5.41, 5.74) is 1.16. The third-order valence-corrected chi connectivity index (χ3v) is 3.24. The molecule has 1 unspecified atom stereocenters. The zero-order chi connectivity index (χ0) is 11.5. The van der Waals surface area contributed by atoms with Crippen LogP contribution in [0.4, 0.5) is 4.39 Å². The first-order valence-corrected chi connectivity index (χ1v) is 5.63. The van der Waals surface area contributed by atoms with E-state index in [4.69, 9.17) is 5.26 Å². The van der Waals surface area contributed by atoms with Crippen LogP contribution in [0, 0.1) is 17.1 Å². The van der Waals surface area contributed by atoms with Crippen molar-refractivity contribution in [3.8, 4) is 6.07 Å². The summed E-state index contributed by atoms with van der Waals surface area (Å²) in [5, 5.41) is 8.78. The largest absolute Gasteiger partial charge is 0.296 e. The summed E-state index contributed by atoms with van der Waals surface area (Å²) in [4.78, 5) is 2.26. The van der Waals surface area contributed by atoms with Crippen LogP contribution in [0.1, 0.15) is 30.9 Å². The van der Waals surface area contributed by atoms with Gasteiger partial charge in [-0.15, -0.1) is 0 Å². The standard InChI is InChI=1S/C13H15FN2/c1-10-3-2-6-16(10)9-12-7-11(8-15)4-5-13(12)14/h4-5,7,10H,2-3,6,9H2,1H3. The lowest BCUT2D eigenvalue weighted by Gasteiger charge is -2.21. The molecule has 1 aromatic rings. The first-order chi connectivity index (χ1) is 7.70. The van der Waals surface area contributed by atoms with Gasteiger partial charge in [0.15, 0.2) is 0 Å². The summed E-state index contributed by atoms with van der Waals surface area (Å²) < 4.78 is 13.6. The highest BCUT2D eigenvalue weighted by Gasteiger charge is 2.21. The van der Waals surface area contributed by atoms with Crippen LogP contribution >= 0.6 is 0 Å². The Morgan fingerprint density at radius 2 is 2.38 bits per heavy atom. The maximum atomic E-state index is 13.6. The van der Waals surface area contributed by atoms with Crippen molar-refractivity contribution < 1.29 is 4.39 Å². The van der Waals surface area contributed by atoms with Gasteiger partial charge in [-0.2, -0.15) is 5.26 Å². The molecular weight excluding hydrogens is 203 g/mol. The molecule has 1 atom stereocenters. The molecule has 0 aromatic heterocycles. The van der Waals surface area contributed by atoms with Gasteiger partial charge in [-0.25, -0.2) is 4.39 Å². The van der Waals surface area contributed by atoms with E-state index in [-0.39, 0.29) is 5.82 Å². The Balaban J connectivity index is 2.17. The van der Waals surface area contributed by atoms with E-state index in [0.717, 1.165) is 6.54 Å². The summed E-state index contributed by atoms with van der Waals surface area (Å²) >= 11 is 0. The van der Waals surface area contributed by atoms with E-state index in [0.29, 0.717) is 23.7 Å². The summed E-state index contributed by atoms with van der Waals surface area (Å²) in [6.45, 7) is 3.80. The maximum Gasteiger partial charge on any atom is 0.127 e. The van der Waals surface area contributed by atoms with Gasteiger partial charge in [-0.3, -0.25) is 4.90 Å². The minimum Gasteiger partial charge on any atom is -0.296 e. The fraction of sp³-hybridized carbons (Fsp3) is 0.462. The molecular formula is C13H15FN2. The smallest absolute Gasteiger partial charge is 0.127 e. The van der Waals surface area contributed by atoms with Gasteiger partial charge < -0.3 is 0 Å². The fourth-order valence-electron chi connectivity index (χ4n) is 2.21. The van der Waals surface area contributed by atoms with Gasteiger partial charge in [0.05, 0.1) is 11.6 Å². The normalized spacial score (nSPS) is 20.9. The van der Waals surface area contributed by atoms with Crippen molar-refractivity contribution >= 4 is 0 Å². The lowest BCUT2D eigenvalue weighted by atomic mass is 10.1. The average Bonchev–Trinajstić information content (AvgIpc) is 2.68. The second-order valence-electron chi connectivity index (χ2n) is 4.38. The topological polar surface area (TPSA) is 27.0 Å². The van der Waals surface area contributed by atoms with Crippen molar-refractivity contribution in [2.24, 2.45) is 0 Å². The second kappa shape index (κ2) is 4.63. The molecule has 0 amide bonds. The summed E-state index contributed by atoms with van der Waals surface area (Å²) in [5.74, 6) is -0.210. The Morgan fingerprint density at radius 3 is 3.00 bits per heavy atom. The lowest BCUT2D eigenvalue weighted by molar-refractivity contribution is 0.256. The average molecular weight is 218 g/mol. The van der Waals surface area contributed by atoms with Gasteiger partial charge in [0, 0.05) is 18.2 Å². The SMILES string of the molecule is CC1CCCN1Cc1cc(C#N)ccc1F. The minimum atomic E-state index is -0.210. The van der Waals surface area contributed by atoms with Gasteiger partial charge in [0.1, 0.15) is 5.82 Å². The molecule has 1 aliphatic heterocycles. The van der Waals surface area contributed by atoms with Crippen molar-refractivity contribution in [3.63, 3.8) is 0 Å². The molecule has 16 heavy (non-hydrogen) atoms. The quantitative estimate of drug-likeness (QED) is 0.763. The molecule has 2 nitrogen and oxygen atoms in total. The number of rotatable bonds is 2. The first kappa shape index (κ1) is 11.1. The van der Waals surface area contributed by atoms with Gasteiger partial charge in [0.25, 0.3) is 0 Å². The molecule has 0 N–H and O–H groups in total. The Morgan fingerprint density at radius 1 is 1.56 bits per heavy atom. The third kappa shape index (κ3) is 2.23. The molecule has 1 aromatic carbocycles. The monoisotopic (exact) mass is 218 g/mol. The van der Waals surface area contributed by atoms with E-state index in [1.165, 1.54) is 25.0 Å². The van der Waals surface area contributed by atoms with Gasteiger partial charge in [-0.1, -0.05) is 0 Å². The first-order valence-electron chi connectivity index (χ1n) is 5.63. The number of halogens is 1. The van der Waals surface area contributed by atoms with Crippen LogP contribution in [0.15, 0.2) is 18.2 Å². The molecule has 0 spiro atoms. The van der Waals surface area contributed by atoms with E-state index in [9.17, 15) is 4.39 Å². The number of likely N-dealkylation sites (tertiary alicyclic amines) is 1. The summed E-state index contributed by atoms with van der Waals surface area (Å²) in [6, 6.07) is 7.12. The fourth-order valence-corrected chi connectivity index (χ4v) is 2.21. The van der Waals surface area contributed by atoms with E-state index in [2.05, 4.69) is 11.8 Å². The minimum absolute atomic E-state index is 0.210. The van der Waals surface area contributed by atoms with Crippen molar-refractivity contribution in [2.75, 3.05) is 6.54 Å². The number of nitrogens with zero attached hydrogens (tertiary/aromatic N) is 2. The summed E-state index contributed by atoms with van der Waals surface area (Å²) in [6.07, 6.45) is 2.36. The number of hydrogen-bond donors (Lipinski definition) is 0. The lowest BCUT2D eigenvalue weighted by Crippen LogP contribution is -2.26. The van der Waals surface area contributed by atoms with Gasteiger partial charge in [-0.05, 0) is 44.5 Å². The van der Waals surface area contributed by atoms with Crippen molar-refractivity contribution in [2.45, 2.75) is 32.4 Å². The molecule has 1 saturated heterocycles. The predicted octanol–water partition coefficient (Wildman–Crippen LogP) is 2.68. The van der Waals surface area contributed by atoms with Crippen molar-refractivity contribution in [1.29, 1.82) is 5.26 Å². The molecule has 2 rings (SSSR count). The Kier molecular flexibility index (Phi) is 3.21. The zero-order valence-electron chi connectivity index (χ0n) is 9.41. The zero-order valence-corrected chi connectivity index (χ0v) is 9.41. The van der Waals surface area contributed by atoms with Crippen LogP contribution in [-0.4, -0.2) is 17.5 Å². The highest BCUT2D eigenvalue weighted by atomic mass is 19.1. The van der Waals surface area contributed by atoms with Crippen LogP contribution in [0.5, 0.6) is 0 Å². The van der Waals surface area contributed by atoms with Crippen molar-refractivity contribution in [1.82, 2.24) is 4.90 Å². The summed E-state index contributed by atoms with van der Waals surface area (Å²) in [7, 11) is 0. The van der Waals surface area contributed by atoms with E-state index in [1.807, 2.05) is 6.07 Å². The molecule has 1 fully saturated rings. The molecule has 1 heterocycles. The second-order valence-corrected chi connectivity index (χ2v) is 4.38. The number of benzene rings is 1. The van der Waals surface area contributed by atoms with E-state index < -0.39 is 0 Å². The highest BCUT2D eigenvalue weighted by molar-refractivity contribution is 5.33. The Hall–Kier alpha value is -1.40. The Labute approximate surface area is 95.3 Å². The highest BCUT2D eigenvalue weighted by Crippen LogP contribution is 2.21. The number of hydrogen-bond acceptors (Lipinski definition) is 2. The molecule has 3 heteroatoms. The number of nitriles is 1. The molecule has 84 valence electrons. The van der Waals surface area contributed by atoms with Gasteiger partial charge in [0.2, 0.25) is 0 Å². The van der Waals surface area contributed by atoms with Crippen molar-refractivity contribution in [3.05, 3.63) is 35.1 Å². The maximum absolute atomic E-state index is 13.6. The van der Waals surface area contributed by atoms with Crippen LogP contribution in [0.25, 0.3) is 0 Å². The molecule has 0 radical (unpaired) electrons. The Bertz CT molecular complexity index is 422. The van der Waals surface area contributed by atoms with Crippen LogP contribution < -0.4 is 0 Å². The molecule has 0 aliphatic carbocycles. The van der Waals surface area contributed by atoms with E-state index in [1.54, 1.807) is 6.07 Å². The van der Waals surface area contributed by atoms with Crippen LogP contribution in [0.2, 0.25) is 0 Å². The molecule has 0 saturated carbocycles. The molecule has 0 bridgehead atoms. The van der Waals surface area contributed by atoms with Crippen LogP contribution in [-0.2, 0) is 6.54 Å². The van der Waals surface area contributed by atoms with Gasteiger partial charge >= 0.3 is 0 Å². The third-order valence-electron chi connectivity index (χ3n) is 3.24. The van der Waals surface area contributed by atoms with E-state index >= 15 is 0 Å².